The van der Waals surface area contributed by atoms with E-state index >= 15 is 0 Å². The van der Waals surface area contributed by atoms with Crippen molar-refractivity contribution in [1.29, 1.82) is 0 Å². The molecule has 0 aliphatic carbocycles. The summed E-state index contributed by atoms with van der Waals surface area (Å²) in [4.78, 5) is 23.5. The second-order valence-electron chi connectivity index (χ2n) is 7.70. The van der Waals surface area contributed by atoms with Gasteiger partial charge in [0, 0.05) is 45.1 Å². The number of carboxylic acid groups (broad SMARTS) is 1. The van der Waals surface area contributed by atoms with E-state index < -0.39 is 35.1 Å². The van der Waals surface area contributed by atoms with Gasteiger partial charge in [-0.25, -0.2) is 22.4 Å². The van der Waals surface area contributed by atoms with Crippen molar-refractivity contribution in [1.82, 2.24) is 0 Å². The maximum Gasteiger partial charge on any atom is 0.345 e. The third kappa shape index (κ3) is 4.18. The molecule has 0 saturated heterocycles. The molecule has 2 aromatic heterocycles. The molecule has 0 bridgehead atoms. The molecule has 184 valence electrons. The van der Waals surface area contributed by atoms with Crippen LogP contribution in [0.2, 0.25) is 0 Å². The molecule has 1 amide bonds. The second-order valence-corrected chi connectivity index (χ2v) is 9.80. The quantitative estimate of drug-likeness (QED) is 0.308. The van der Waals surface area contributed by atoms with Gasteiger partial charge in [-0.3, -0.25) is 4.79 Å². The zero-order valence-corrected chi connectivity index (χ0v) is 19.5. The van der Waals surface area contributed by atoms with Crippen LogP contribution in [0.4, 0.5) is 17.6 Å². The molecule has 0 unspecified atom stereocenters. The van der Waals surface area contributed by atoms with Crippen molar-refractivity contribution >= 4 is 34.6 Å². The number of nitrogens with two attached hydrogens (primary N) is 1. The lowest BCUT2D eigenvalue weighted by molar-refractivity contribution is 0.0701. The average molecular weight is 535 g/mol. The standard InChI is InChI=1S/C12H7F2NO2S.C12H6F2O3S/c2*13-6-2-7(14)10-8(3-6)17-4-5-1-9(12(15)16)18-11(5)10/h1-3H,4H2,(H2,15,16);1-3H,4H2,(H,15,16). The molecule has 2 aliphatic rings. The molecular formula is C24H13F4NO5S2. The van der Waals surface area contributed by atoms with Crippen LogP contribution >= 0.6 is 22.7 Å². The number of hydrogen-bond donors (Lipinski definition) is 2. The van der Waals surface area contributed by atoms with Crippen molar-refractivity contribution in [2.45, 2.75) is 13.2 Å². The van der Waals surface area contributed by atoms with Crippen molar-refractivity contribution in [2.24, 2.45) is 5.73 Å². The van der Waals surface area contributed by atoms with Crippen LogP contribution in [0.3, 0.4) is 0 Å². The van der Waals surface area contributed by atoms with Gasteiger partial charge in [-0.05, 0) is 12.1 Å². The number of ether oxygens (including phenoxy) is 2. The van der Waals surface area contributed by atoms with Gasteiger partial charge in [0.2, 0.25) is 0 Å². The number of amides is 1. The Morgan fingerprint density at radius 2 is 1.19 bits per heavy atom. The molecule has 2 aliphatic heterocycles. The summed E-state index contributed by atoms with van der Waals surface area (Å²) < 4.78 is 64.2. The number of benzene rings is 2. The summed E-state index contributed by atoms with van der Waals surface area (Å²) in [5.74, 6) is -4.24. The summed E-state index contributed by atoms with van der Waals surface area (Å²) in [6.45, 7) is 0.296. The molecule has 3 N–H and O–H groups in total. The number of hydrogen-bond acceptors (Lipinski definition) is 6. The van der Waals surface area contributed by atoms with Crippen molar-refractivity contribution in [3.63, 3.8) is 0 Å². The predicted octanol–water partition coefficient (Wildman–Crippen LogP) is 5.97. The lowest BCUT2D eigenvalue weighted by Gasteiger charge is -2.17. The third-order valence-electron chi connectivity index (χ3n) is 5.33. The number of thiophene rings is 2. The van der Waals surface area contributed by atoms with Gasteiger partial charge in [0.1, 0.15) is 52.9 Å². The van der Waals surface area contributed by atoms with Crippen LogP contribution in [0, 0.1) is 23.3 Å². The minimum atomic E-state index is -1.07. The average Bonchev–Trinajstić information content (AvgIpc) is 3.43. The minimum Gasteiger partial charge on any atom is -0.488 e. The fourth-order valence-electron chi connectivity index (χ4n) is 3.80. The molecule has 2 aromatic carbocycles. The molecular weight excluding hydrogens is 522 g/mol. The molecule has 6 nitrogen and oxygen atoms in total. The van der Waals surface area contributed by atoms with E-state index in [4.69, 9.17) is 20.3 Å². The zero-order valence-electron chi connectivity index (χ0n) is 17.9. The smallest absolute Gasteiger partial charge is 0.345 e. The van der Waals surface area contributed by atoms with Gasteiger partial charge in [0.25, 0.3) is 5.91 Å². The van der Waals surface area contributed by atoms with E-state index in [9.17, 15) is 27.2 Å². The van der Waals surface area contributed by atoms with Crippen molar-refractivity contribution < 1.29 is 41.7 Å². The summed E-state index contributed by atoms with van der Waals surface area (Å²) in [5.41, 5.74) is 6.80. The first kappa shape index (κ1) is 23.8. The Balaban J connectivity index is 0.000000148. The van der Waals surface area contributed by atoms with Gasteiger partial charge in [-0.2, -0.15) is 0 Å². The fraction of sp³-hybridized carbons (Fsp3) is 0.0833. The highest BCUT2D eigenvalue weighted by Gasteiger charge is 2.27. The SMILES string of the molecule is NC(=O)c1cc2c(s1)-c1c(F)cc(F)cc1OC2.O=C(O)c1cc2c(s1)-c1c(F)cc(F)cc1OC2. The number of carbonyl (C=O) groups is 2. The zero-order chi connectivity index (χ0) is 25.7. The number of aromatic carboxylic acids is 1. The number of carbonyl (C=O) groups excluding carboxylic acids is 1. The Kier molecular flexibility index (Phi) is 5.92. The highest BCUT2D eigenvalue weighted by atomic mass is 32.1. The fourth-order valence-corrected chi connectivity index (χ4v) is 5.93. The topological polar surface area (TPSA) is 98.9 Å². The molecule has 0 fully saturated rings. The third-order valence-corrected chi connectivity index (χ3v) is 7.72. The van der Waals surface area contributed by atoms with Crippen LogP contribution < -0.4 is 15.2 Å². The Morgan fingerprint density at radius 1 is 0.750 bits per heavy atom. The van der Waals surface area contributed by atoms with E-state index in [1.165, 1.54) is 6.07 Å². The maximum absolute atomic E-state index is 13.8. The lowest BCUT2D eigenvalue weighted by Crippen LogP contribution is -2.08. The predicted molar refractivity (Wildman–Crippen MR) is 123 cm³/mol. The van der Waals surface area contributed by atoms with E-state index in [2.05, 4.69) is 0 Å². The number of halogens is 4. The first-order valence-corrected chi connectivity index (χ1v) is 11.8. The molecule has 4 heterocycles. The highest BCUT2D eigenvalue weighted by Crippen LogP contribution is 2.45. The Hall–Kier alpha value is -3.90. The summed E-state index contributed by atoms with van der Waals surface area (Å²) in [5, 5.41) is 8.91. The number of primary amides is 1. The molecule has 0 saturated carbocycles. The summed E-state index contributed by atoms with van der Waals surface area (Å²) in [6, 6.07) is 6.81. The summed E-state index contributed by atoms with van der Waals surface area (Å²) in [7, 11) is 0. The van der Waals surface area contributed by atoms with Gasteiger partial charge < -0.3 is 20.3 Å². The molecule has 36 heavy (non-hydrogen) atoms. The highest BCUT2D eigenvalue weighted by molar-refractivity contribution is 7.18. The van der Waals surface area contributed by atoms with Crippen LogP contribution in [0.1, 0.15) is 30.5 Å². The van der Waals surface area contributed by atoms with E-state index in [0.29, 0.717) is 25.8 Å². The van der Waals surface area contributed by atoms with Gasteiger partial charge in [-0.15, -0.1) is 22.7 Å². The Bertz CT molecular complexity index is 1450. The van der Waals surface area contributed by atoms with Crippen LogP contribution in [-0.4, -0.2) is 17.0 Å². The number of carboxylic acids is 1. The molecule has 6 rings (SSSR count). The molecule has 4 aromatic rings. The van der Waals surface area contributed by atoms with Crippen LogP contribution in [0.25, 0.3) is 20.9 Å². The van der Waals surface area contributed by atoms with Crippen LogP contribution in [0.15, 0.2) is 36.4 Å². The van der Waals surface area contributed by atoms with Crippen molar-refractivity contribution in [3.05, 3.63) is 80.5 Å². The van der Waals surface area contributed by atoms with Crippen LogP contribution in [-0.2, 0) is 13.2 Å². The molecule has 12 heteroatoms. The summed E-state index contributed by atoms with van der Waals surface area (Å²) >= 11 is 2.05. The first-order valence-electron chi connectivity index (χ1n) is 10.1. The largest absolute Gasteiger partial charge is 0.488 e. The minimum absolute atomic E-state index is 0.110. The second kappa shape index (κ2) is 8.95. The van der Waals surface area contributed by atoms with Crippen molar-refractivity contribution in [2.75, 3.05) is 0 Å². The summed E-state index contributed by atoms with van der Waals surface area (Å²) in [6.07, 6.45) is 0. The van der Waals surface area contributed by atoms with E-state index in [1.807, 2.05) is 0 Å². The Morgan fingerprint density at radius 3 is 1.64 bits per heavy atom. The van der Waals surface area contributed by atoms with Gasteiger partial charge in [-0.1, -0.05) is 0 Å². The Labute approximate surface area is 208 Å². The molecule has 0 spiro atoms. The van der Waals surface area contributed by atoms with E-state index in [1.54, 1.807) is 6.07 Å². The molecule has 0 radical (unpaired) electrons. The van der Waals surface area contributed by atoms with Gasteiger partial charge >= 0.3 is 5.97 Å². The van der Waals surface area contributed by atoms with Crippen molar-refractivity contribution in [3.8, 4) is 32.4 Å². The number of fused-ring (bicyclic) bond motifs is 6. The van der Waals surface area contributed by atoms with Crippen LogP contribution in [0.5, 0.6) is 11.5 Å². The van der Waals surface area contributed by atoms with Gasteiger partial charge in [0.15, 0.2) is 0 Å². The molecule has 0 atom stereocenters. The monoisotopic (exact) mass is 535 g/mol. The van der Waals surface area contributed by atoms with Gasteiger partial charge in [0.05, 0.1) is 16.0 Å². The first-order chi connectivity index (χ1) is 17.1. The maximum atomic E-state index is 13.8. The van der Waals surface area contributed by atoms with E-state index in [0.717, 1.165) is 46.9 Å². The number of rotatable bonds is 2. The lowest BCUT2D eigenvalue weighted by atomic mass is 10.1. The normalized spacial score (nSPS) is 12.6. The van der Waals surface area contributed by atoms with E-state index in [-0.39, 0.29) is 40.7 Å².